The standard InChI is InChI=1S/C20H19N3O3/c1-26-19-5-3-2-4-17(19)15-10-11-22(13-15)20-9-6-14-12-16(23(24)25)7-8-18(14)21-20/h2-9,12,15H,10-11,13H2,1H3. The van der Waals surface area contributed by atoms with Gasteiger partial charge in [0.05, 0.1) is 17.5 Å². The van der Waals surface area contributed by atoms with Crippen molar-refractivity contribution < 1.29 is 9.66 Å². The molecule has 3 aromatic rings. The van der Waals surface area contributed by atoms with Crippen LogP contribution in [0.3, 0.4) is 0 Å². The maximum Gasteiger partial charge on any atom is 0.270 e. The molecule has 6 nitrogen and oxygen atoms in total. The molecule has 4 rings (SSSR count). The number of rotatable bonds is 4. The molecular formula is C20H19N3O3. The summed E-state index contributed by atoms with van der Waals surface area (Å²) in [4.78, 5) is 17.5. The van der Waals surface area contributed by atoms with Gasteiger partial charge in [0.15, 0.2) is 0 Å². The van der Waals surface area contributed by atoms with Gasteiger partial charge in [0, 0.05) is 36.5 Å². The summed E-state index contributed by atoms with van der Waals surface area (Å²) in [5.41, 5.74) is 2.09. The van der Waals surface area contributed by atoms with Crippen molar-refractivity contribution in [2.24, 2.45) is 0 Å². The van der Waals surface area contributed by atoms with E-state index in [1.165, 1.54) is 11.6 Å². The molecule has 1 unspecified atom stereocenters. The largest absolute Gasteiger partial charge is 0.496 e. The van der Waals surface area contributed by atoms with Crippen LogP contribution in [0.25, 0.3) is 10.9 Å². The number of fused-ring (bicyclic) bond motifs is 1. The summed E-state index contributed by atoms with van der Waals surface area (Å²) in [5, 5.41) is 11.7. The SMILES string of the molecule is COc1ccccc1C1CCN(c2ccc3cc([N+](=O)[O-])ccc3n2)C1. The van der Waals surface area contributed by atoms with E-state index in [-0.39, 0.29) is 10.6 Å². The lowest BCUT2D eigenvalue weighted by molar-refractivity contribution is -0.384. The van der Waals surface area contributed by atoms with Crippen molar-refractivity contribution in [3.63, 3.8) is 0 Å². The molecule has 0 saturated carbocycles. The lowest BCUT2D eigenvalue weighted by Crippen LogP contribution is -2.20. The predicted molar refractivity (Wildman–Crippen MR) is 101 cm³/mol. The number of pyridine rings is 1. The molecule has 0 spiro atoms. The topological polar surface area (TPSA) is 68.5 Å². The second-order valence-electron chi connectivity index (χ2n) is 6.48. The van der Waals surface area contributed by atoms with Crippen LogP contribution in [0.1, 0.15) is 17.9 Å². The second kappa shape index (κ2) is 6.63. The third-order valence-corrected chi connectivity index (χ3v) is 4.96. The second-order valence-corrected chi connectivity index (χ2v) is 6.48. The zero-order valence-electron chi connectivity index (χ0n) is 14.5. The molecule has 1 aromatic heterocycles. The van der Waals surface area contributed by atoms with Crippen molar-refractivity contribution in [3.05, 3.63) is 70.3 Å². The number of methoxy groups -OCH3 is 1. The van der Waals surface area contributed by atoms with E-state index >= 15 is 0 Å². The molecule has 6 heteroatoms. The van der Waals surface area contributed by atoms with Crippen LogP contribution >= 0.6 is 0 Å². The van der Waals surface area contributed by atoms with E-state index < -0.39 is 0 Å². The highest BCUT2D eigenvalue weighted by Gasteiger charge is 2.27. The van der Waals surface area contributed by atoms with Gasteiger partial charge in [0.1, 0.15) is 11.6 Å². The Kier molecular flexibility index (Phi) is 4.16. The van der Waals surface area contributed by atoms with Crippen molar-refractivity contribution in [1.82, 2.24) is 4.98 Å². The van der Waals surface area contributed by atoms with Crippen LogP contribution in [0.4, 0.5) is 11.5 Å². The molecule has 1 aliphatic heterocycles. The molecule has 132 valence electrons. The summed E-state index contributed by atoms with van der Waals surface area (Å²) in [7, 11) is 1.70. The molecule has 1 aliphatic rings. The van der Waals surface area contributed by atoms with Crippen LogP contribution in [-0.4, -0.2) is 30.1 Å². The first kappa shape index (κ1) is 16.3. The number of non-ortho nitro benzene ring substituents is 1. The van der Waals surface area contributed by atoms with E-state index in [2.05, 4.69) is 11.0 Å². The third-order valence-electron chi connectivity index (χ3n) is 4.96. The van der Waals surface area contributed by atoms with Crippen LogP contribution in [0.2, 0.25) is 0 Å². The van der Waals surface area contributed by atoms with E-state index in [4.69, 9.17) is 9.72 Å². The van der Waals surface area contributed by atoms with Crippen LogP contribution < -0.4 is 9.64 Å². The van der Waals surface area contributed by atoms with Gasteiger partial charge in [-0.15, -0.1) is 0 Å². The first-order chi connectivity index (χ1) is 12.7. The molecule has 0 radical (unpaired) electrons. The summed E-state index contributed by atoms with van der Waals surface area (Å²) >= 11 is 0. The predicted octanol–water partition coefficient (Wildman–Crippen LogP) is 4.15. The fraction of sp³-hybridized carbons (Fsp3) is 0.250. The fourth-order valence-electron chi connectivity index (χ4n) is 3.62. The summed E-state index contributed by atoms with van der Waals surface area (Å²) < 4.78 is 5.50. The van der Waals surface area contributed by atoms with Crippen molar-refractivity contribution in [3.8, 4) is 5.75 Å². The lowest BCUT2D eigenvalue weighted by Gasteiger charge is -2.19. The highest BCUT2D eigenvalue weighted by Crippen LogP contribution is 2.35. The molecule has 0 aliphatic carbocycles. The first-order valence-corrected chi connectivity index (χ1v) is 8.59. The Bertz CT molecular complexity index is 973. The number of anilines is 1. The van der Waals surface area contributed by atoms with E-state index in [9.17, 15) is 10.1 Å². The molecule has 0 N–H and O–H groups in total. The third kappa shape index (κ3) is 2.94. The minimum Gasteiger partial charge on any atom is -0.496 e. The maximum atomic E-state index is 10.9. The highest BCUT2D eigenvalue weighted by molar-refractivity contribution is 5.82. The zero-order valence-corrected chi connectivity index (χ0v) is 14.5. The molecule has 26 heavy (non-hydrogen) atoms. The smallest absolute Gasteiger partial charge is 0.270 e. The van der Waals surface area contributed by atoms with Crippen LogP contribution in [-0.2, 0) is 0 Å². The van der Waals surface area contributed by atoms with Gasteiger partial charge in [-0.05, 0) is 36.2 Å². The molecule has 0 amide bonds. The van der Waals surface area contributed by atoms with Crippen LogP contribution in [0.15, 0.2) is 54.6 Å². The monoisotopic (exact) mass is 349 g/mol. The number of hydrogen-bond acceptors (Lipinski definition) is 5. The van der Waals surface area contributed by atoms with Gasteiger partial charge >= 0.3 is 0 Å². The number of nitro benzene ring substituents is 1. The van der Waals surface area contributed by atoms with E-state index in [0.717, 1.165) is 42.0 Å². The van der Waals surface area contributed by atoms with Gasteiger partial charge in [0.25, 0.3) is 5.69 Å². The Balaban J connectivity index is 1.58. The Morgan fingerprint density at radius 2 is 2.04 bits per heavy atom. The number of aromatic nitrogens is 1. The van der Waals surface area contributed by atoms with Gasteiger partial charge in [-0.1, -0.05) is 18.2 Å². The minimum atomic E-state index is -0.383. The highest BCUT2D eigenvalue weighted by atomic mass is 16.6. The van der Waals surface area contributed by atoms with Gasteiger partial charge in [-0.2, -0.15) is 0 Å². The Hall–Kier alpha value is -3.15. The number of nitrogens with zero attached hydrogens (tertiary/aromatic N) is 3. The van der Waals surface area contributed by atoms with Crippen molar-refractivity contribution in [1.29, 1.82) is 0 Å². The molecular weight excluding hydrogens is 330 g/mol. The fourth-order valence-corrected chi connectivity index (χ4v) is 3.62. The average Bonchev–Trinajstić information content (AvgIpc) is 3.17. The number of hydrogen-bond donors (Lipinski definition) is 0. The lowest BCUT2D eigenvalue weighted by atomic mass is 9.97. The molecule has 1 atom stereocenters. The molecule has 2 heterocycles. The van der Waals surface area contributed by atoms with Crippen LogP contribution in [0.5, 0.6) is 5.75 Å². The molecule has 2 aromatic carbocycles. The van der Waals surface area contributed by atoms with Crippen molar-refractivity contribution in [2.45, 2.75) is 12.3 Å². The minimum absolute atomic E-state index is 0.0875. The Labute approximate surface area is 151 Å². The van der Waals surface area contributed by atoms with Gasteiger partial charge < -0.3 is 9.64 Å². The van der Waals surface area contributed by atoms with E-state index in [0.29, 0.717) is 5.92 Å². The van der Waals surface area contributed by atoms with Crippen molar-refractivity contribution in [2.75, 3.05) is 25.1 Å². The zero-order chi connectivity index (χ0) is 18.1. The normalized spacial score (nSPS) is 16.8. The van der Waals surface area contributed by atoms with Gasteiger partial charge in [-0.25, -0.2) is 4.98 Å². The number of benzene rings is 2. The quantitative estimate of drug-likeness (QED) is 0.523. The van der Waals surface area contributed by atoms with E-state index in [1.807, 2.05) is 30.3 Å². The summed E-state index contributed by atoms with van der Waals surface area (Å²) in [6.07, 6.45) is 1.04. The van der Waals surface area contributed by atoms with Crippen molar-refractivity contribution >= 4 is 22.4 Å². The number of para-hydroxylation sites is 1. The molecule has 1 saturated heterocycles. The summed E-state index contributed by atoms with van der Waals surface area (Å²) in [5.74, 6) is 2.24. The average molecular weight is 349 g/mol. The Morgan fingerprint density at radius 3 is 2.85 bits per heavy atom. The maximum absolute atomic E-state index is 10.9. The first-order valence-electron chi connectivity index (χ1n) is 8.59. The van der Waals surface area contributed by atoms with Crippen LogP contribution in [0, 0.1) is 10.1 Å². The number of nitro groups is 1. The summed E-state index contributed by atoms with van der Waals surface area (Å²) in [6.45, 7) is 1.81. The van der Waals surface area contributed by atoms with Gasteiger partial charge in [0.2, 0.25) is 0 Å². The molecule has 0 bridgehead atoms. The molecule has 1 fully saturated rings. The van der Waals surface area contributed by atoms with E-state index in [1.54, 1.807) is 19.2 Å². The summed E-state index contributed by atoms with van der Waals surface area (Å²) in [6, 6.07) is 16.8. The number of ether oxygens (including phenoxy) is 1. The Morgan fingerprint density at radius 1 is 1.19 bits per heavy atom. The van der Waals surface area contributed by atoms with Gasteiger partial charge in [-0.3, -0.25) is 10.1 Å².